The molecule has 1 saturated carbocycles. The summed E-state index contributed by atoms with van der Waals surface area (Å²) in [5, 5.41) is 9.75. The van der Waals surface area contributed by atoms with Crippen molar-refractivity contribution in [3.05, 3.63) is 47.8 Å². The summed E-state index contributed by atoms with van der Waals surface area (Å²) < 4.78 is 6.25. The van der Waals surface area contributed by atoms with Crippen LogP contribution in [0.3, 0.4) is 0 Å². The molecule has 140 valence electrons. The first kappa shape index (κ1) is 17.6. The van der Waals surface area contributed by atoms with E-state index in [1.165, 1.54) is 6.42 Å². The predicted molar refractivity (Wildman–Crippen MR) is 96.8 cm³/mol. The number of rotatable bonds is 5. The molecule has 1 aliphatic carbocycles. The molecule has 0 amide bonds. The Morgan fingerprint density at radius 1 is 1.42 bits per heavy atom. The number of aromatic amines is 1. The molecule has 1 saturated heterocycles. The highest BCUT2D eigenvalue weighted by Crippen LogP contribution is 2.51. The summed E-state index contributed by atoms with van der Waals surface area (Å²) in [6.45, 7) is 2.84. The van der Waals surface area contributed by atoms with Crippen molar-refractivity contribution < 1.29 is 9.84 Å². The Morgan fingerprint density at radius 3 is 2.81 bits per heavy atom. The van der Waals surface area contributed by atoms with Crippen LogP contribution in [0, 0.1) is 11.8 Å². The molecule has 0 spiro atoms. The largest absolute Gasteiger partial charge is 0.373 e. The predicted octanol–water partition coefficient (Wildman–Crippen LogP) is 1.53. The number of hydrogen-bond donors (Lipinski definition) is 3. The topological polar surface area (TPSA) is 100 Å². The van der Waals surface area contributed by atoms with Gasteiger partial charge < -0.3 is 20.6 Å². The molecule has 2 aromatic heterocycles. The Morgan fingerprint density at radius 2 is 2.19 bits per heavy atom. The van der Waals surface area contributed by atoms with E-state index in [4.69, 9.17) is 10.5 Å². The van der Waals surface area contributed by atoms with Gasteiger partial charge in [-0.3, -0.25) is 9.88 Å². The van der Waals surface area contributed by atoms with Crippen molar-refractivity contribution in [2.45, 2.75) is 37.6 Å². The van der Waals surface area contributed by atoms with Gasteiger partial charge in [0.1, 0.15) is 11.8 Å². The van der Waals surface area contributed by atoms with Crippen molar-refractivity contribution in [3.63, 3.8) is 0 Å². The first-order valence-electron chi connectivity index (χ1n) is 9.28. The van der Waals surface area contributed by atoms with Gasteiger partial charge in [0.15, 0.2) is 0 Å². The van der Waals surface area contributed by atoms with Crippen LogP contribution in [-0.4, -0.2) is 45.2 Å². The first-order chi connectivity index (χ1) is 12.6. The summed E-state index contributed by atoms with van der Waals surface area (Å²) in [5.41, 5.74) is 8.04. The maximum Gasteiger partial charge on any atom is 0.145 e. The van der Waals surface area contributed by atoms with Crippen molar-refractivity contribution in [2.75, 3.05) is 20.2 Å². The summed E-state index contributed by atoms with van der Waals surface area (Å²) in [6, 6.07) is 3.94. The molecule has 4 rings (SSSR count). The van der Waals surface area contributed by atoms with E-state index in [1.807, 2.05) is 25.4 Å². The Kier molecular flexibility index (Phi) is 4.79. The van der Waals surface area contributed by atoms with Crippen molar-refractivity contribution in [1.82, 2.24) is 19.9 Å². The van der Waals surface area contributed by atoms with E-state index >= 15 is 0 Å². The Hall–Kier alpha value is -1.80. The number of H-pyrrole nitrogens is 1. The van der Waals surface area contributed by atoms with Gasteiger partial charge in [-0.15, -0.1) is 0 Å². The molecule has 3 heterocycles. The number of ether oxygens (including phenoxy) is 1. The fourth-order valence-corrected chi connectivity index (χ4v) is 5.04. The molecule has 26 heavy (non-hydrogen) atoms. The molecule has 7 nitrogen and oxygen atoms in total. The fourth-order valence-electron chi connectivity index (χ4n) is 5.04. The van der Waals surface area contributed by atoms with Crippen molar-refractivity contribution in [2.24, 2.45) is 17.6 Å². The lowest BCUT2D eigenvalue weighted by Gasteiger charge is -2.55. The Balaban J connectivity index is 1.65. The molecule has 0 radical (unpaired) electrons. The lowest BCUT2D eigenvalue weighted by molar-refractivity contribution is -0.170. The van der Waals surface area contributed by atoms with Crippen LogP contribution < -0.4 is 5.73 Å². The number of aliphatic hydroxyl groups excluding tert-OH is 1. The highest BCUT2D eigenvalue weighted by molar-refractivity contribution is 5.29. The third-order valence-electron chi connectivity index (χ3n) is 6.10. The van der Waals surface area contributed by atoms with Crippen LogP contribution >= 0.6 is 0 Å². The van der Waals surface area contributed by atoms with E-state index < -0.39 is 6.23 Å². The summed E-state index contributed by atoms with van der Waals surface area (Å²) in [4.78, 5) is 14.0. The highest BCUT2D eigenvalue weighted by atomic mass is 16.5. The fraction of sp³-hybridized carbons (Fsp3) is 0.579. The van der Waals surface area contributed by atoms with Crippen LogP contribution in [-0.2, 0) is 16.9 Å². The second-order valence-electron chi connectivity index (χ2n) is 7.51. The van der Waals surface area contributed by atoms with Crippen LogP contribution in [0.25, 0.3) is 0 Å². The zero-order valence-corrected chi connectivity index (χ0v) is 15.1. The summed E-state index contributed by atoms with van der Waals surface area (Å²) in [7, 11) is 1.81. The van der Waals surface area contributed by atoms with E-state index in [0.29, 0.717) is 17.5 Å². The van der Waals surface area contributed by atoms with E-state index in [0.717, 1.165) is 43.7 Å². The van der Waals surface area contributed by atoms with E-state index in [2.05, 4.69) is 19.9 Å². The molecule has 0 aromatic carbocycles. The average Bonchev–Trinajstić information content (AvgIpc) is 3.14. The van der Waals surface area contributed by atoms with Crippen LogP contribution in [0.1, 0.15) is 42.4 Å². The lowest BCUT2D eigenvalue weighted by atomic mass is 9.62. The standard InChI is InChI=1S/C19H27N5O2/c1-26-19(13-5-6-22-17(7-13)18(20)25)14-3-2-4-15(19)10-24(9-14)11-16-8-21-12-23-16/h5-8,12,14-15,18,25H,2-4,9-11,20H2,1H3,(H,21,23). The number of aromatic nitrogens is 3. The van der Waals surface area contributed by atoms with Gasteiger partial charge in [-0.1, -0.05) is 6.42 Å². The highest BCUT2D eigenvalue weighted by Gasteiger charge is 2.53. The van der Waals surface area contributed by atoms with Crippen molar-refractivity contribution in [1.29, 1.82) is 0 Å². The Labute approximate surface area is 153 Å². The summed E-state index contributed by atoms with van der Waals surface area (Å²) in [6.07, 6.45) is 7.79. The average molecular weight is 357 g/mol. The molecule has 2 aliphatic rings. The minimum Gasteiger partial charge on any atom is -0.373 e. The van der Waals surface area contributed by atoms with E-state index in [9.17, 15) is 5.11 Å². The quantitative estimate of drug-likeness (QED) is 0.702. The number of nitrogens with zero attached hydrogens (tertiary/aromatic N) is 3. The number of piperidine rings is 1. The number of methoxy groups -OCH3 is 1. The smallest absolute Gasteiger partial charge is 0.145 e. The van der Waals surface area contributed by atoms with Gasteiger partial charge in [-0.05, 0) is 30.5 Å². The van der Waals surface area contributed by atoms with Gasteiger partial charge in [-0.25, -0.2) is 4.98 Å². The van der Waals surface area contributed by atoms with Gasteiger partial charge >= 0.3 is 0 Å². The van der Waals surface area contributed by atoms with E-state index in [1.54, 1.807) is 12.5 Å². The third kappa shape index (κ3) is 2.95. The summed E-state index contributed by atoms with van der Waals surface area (Å²) >= 11 is 0. The molecule has 2 fully saturated rings. The number of nitrogens with two attached hydrogens (primary N) is 1. The van der Waals surface area contributed by atoms with Crippen molar-refractivity contribution >= 4 is 0 Å². The second-order valence-corrected chi connectivity index (χ2v) is 7.51. The van der Waals surface area contributed by atoms with Gasteiger partial charge in [-0.2, -0.15) is 0 Å². The number of hydrogen-bond acceptors (Lipinski definition) is 6. The summed E-state index contributed by atoms with van der Waals surface area (Å²) in [5.74, 6) is 0.793. The molecule has 4 N–H and O–H groups in total. The molecule has 3 atom stereocenters. The molecule has 7 heteroatoms. The van der Waals surface area contributed by atoms with Gasteiger partial charge in [0.05, 0.1) is 12.0 Å². The monoisotopic (exact) mass is 357 g/mol. The molecular weight excluding hydrogens is 330 g/mol. The molecule has 1 aliphatic heterocycles. The van der Waals surface area contributed by atoms with Crippen LogP contribution in [0.5, 0.6) is 0 Å². The van der Waals surface area contributed by atoms with Gasteiger partial charge in [0.2, 0.25) is 0 Å². The zero-order chi connectivity index (χ0) is 18.1. The maximum absolute atomic E-state index is 9.75. The number of fused-ring (bicyclic) bond motifs is 2. The van der Waals surface area contributed by atoms with Gasteiger partial charge in [0, 0.05) is 56.7 Å². The van der Waals surface area contributed by atoms with Gasteiger partial charge in [0.25, 0.3) is 0 Å². The molecular formula is C19H27N5O2. The normalized spacial score (nSPS) is 30.3. The van der Waals surface area contributed by atoms with Crippen LogP contribution in [0.15, 0.2) is 30.9 Å². The lowest BCUT2D eigenvalue weighted by Crippen LogP contribution is -2.58. The Bertz CT molecular complexity index is 719. The zero-order valence-electron chi connectivity index (χ0n) is 15.1. The number of aliphatic hydroxyl groups is 1. The number of pyridine rings is 1. The SMILES string of the molecule is COC1(c2ccnc(C(N)O)c2)C2CCCC1CN(Cc1cnc[nH]1)C2. The first-order valence-corrected chi connectivity index (χ1v) is 9.28. The second kappa shape index (κ2) is 7.08. The van der Waals surface area contributed by atoms with E-state index in [-0.39, 0.29) is 5.60 Å². The third-order valence-corrected chi connectivity index (χ3v) is 6.10. The minimum atomic E-state index is -1.07. The van der Waals surface area contributed by atoms with Crippen molar-refractivity contribution in [3.8, 4) is 0 Å². The minimum absolute atomic E-state index is 0.338. The number of imidazole rings is 1. The maximum atomic E-state index is 9.75. The number of nitrogens with one attached hydrogen (secondary N) is 1. The molecule has 3 unspecified atom stereocenters. The molecule has 2 aromatic rings. The molecule has 2 bridgehead atoms. The number of likely N-dealkylation sites (tertiary alicyclic amines) is 1. The van der Waals surface area contributed by atoms with Crippen LogP contribution in [0.4, 0.5) is 0 Å². The van der Waals surface area contributed by atoms with Crippen LogP contribution in [0.2, 0.25) is 0 Å².